The largest absolute Gasteiger partial charge is 0.463 e. The fourth-order valence-electron chi connectivity index (χ4n) is 3.01. The van der Waals surface area contributed by atoms with Crippen LogP contribution in [0.5, 0.6) is 5.75 Å². The van der Waals surface area contributed by atoms with Crippen LogP contribution in [0.2, 0.25) is 0 Å². The highest BCUT2D eigenvalue weighted by Crippen LogP contribution is 2.31. The molecule has 1 aliphatic heterocycles. The Hall–Kier alpha value is -3.60. The van der Waals surface area contributed by atoms with Crippen LogP contribution < -0.4 is 4.74 Å². The van der Waals surface area contributed by atoms with Crippen molar-refractivity contribution < 1.29 is 4.74 Å². The van der Waals surface area contributed by atoms with E-state index >= 15 is 0 Å². The molecule has 3 heterocycles. The van der Waals surface area contributed by atoms with Crippen LogP contribution in [0, 0.1) is 0 Å². The third kappa shape index (κ3) is 2.33. The summed E-state index contributed by atoms with van der Waals surface area (Å²) >= 11 is 0. The number of rotatable bonds is 2. The Morgan fingerprint density at radius 2 is 1.88 bits per heavy atom. The topological polar surface area (TPSA) is 55.7 Å². The molecule has 25 heavy (non-hydrogen) atoms. The summed E-state index contributed by atoms with van der Waals surface area (Å²) < 4.78 is 7.33. The zero-order valence-corrected chi connectivity index (χ0v) is 13.3. The SMILES string of the molecule is C1=Cn2nc(C=Cc3c[nH]c4ccccc34)nc2-c2ccccc2O1. The minimum absolute atomic E-state index is 0.654. The number of nitrogens with zero attached hydrogens (tertiary/aromatic N) is 3. The van der Waals surface area contributed by atoms with Crippen LogP contribution in [0.3, 0.4) is 0 Å². The van der Waals surface area contributed by atoms with E-state index < -0.39 is 0 Å². The highest BCUT2D eigenvalue weighted by molar-refractivity contribution is 5.91. The van der Waals surface area contributed by atoms with Crippen molar-refractivity contribution in [3.8, 4) is 17.1 Å². The minimum Gasteiger partial charge on any atom is -0.463 e. The highest BCUT2D eigenvalue weighted by Gasteiger charge is 2.16. The van der Waals surface area contributed by atoms with Gasteiger partial charge in [0.1, 0.15) is 12.0 Å². The molecule has 0 radical (unpaired) electrons. The quantitative estimate of drug-likeness (QED) is 0.593. The van der Waals surface area contributed by atoms with E-state index in [1.165, 1.54) is 5.39 Å². The first-order valence-corrected chi connectivity index (χ1v) is 8.02. The molecule has 2 aromatic heterocycles. The predicted molar refractivity (Wildman–Crippen MR) is 98.6 cm³/mol. The van der Waals surface area contributed by atoms with E-state index in [-0.39, 0.29) is 0 Å². The molecular weight excluding hydrogens is 312 g/mol. The lowest BCUT2D eigenvalue weighted by Crippen LogP contribution is -1.91. The molecule has 5 heteroatoms. The molecule has 0 bridgehead atoms. The lowest BCUT2D eigenvalue weighted by Gasteiger charge is -2.02. The average molecular weight is 326 g/mol. The van der Waals surface area contributed by atoms with Crippen molar-refractivity contribution in [2.75, 3.05) is 0 Å². The van der Waals surface area contributed by atoms with Gasteiger partial charge in [-0.3, -0.25) is 0 Å². The number of fused-ring (bicyclic) bond motifs is 4. The monoisotopic (exact) mass is 326 g/mol. The fourth-order valence-corrected chi connectivity index (χ4v) is 3.01. The lowest BCUT2D eigenvalue weighted by atomic mass is 10.1. The number of benzene rings is 2. The van der Waals surface area contributed by atoms with Gasteiger partial charge >= 0.3 is 0 Å². The first-order valence-electron chi connectivity index (χ1n) is 8.02. The van der Waals surface area contributed by atoms with Gasteiger partial charge in [0.05, 0.1) is 11.8 Å². The molecule has 0 atom stereocenters. The molecule has 5 rings (SSSR count). The maximum Gasteiger partial charge on any atom is 0.175 e. The van der Waals surface area contributed by atoms with Gasteiger partial charge in [-0.1, -0.05) is 30.3 Å². The van der Waals surface area contributed by atoms with Crippen LogP contribution in [-0.4, -0.2) is 19.7 Å². The second-order valence-corrected chi connectivity index (χ2v) is 5.76. The summed E-state index contributed by atoms with van der Waals surface area (Å²) in [5, 5.41) is 5.71. The van der Waals surface area contributed by atoms with E-state index in [0.29, 0.717) is 5.82 Å². The summed E-state index contributed by atoms with van der Waals surface area (Å²) in [6.07, 6.45) is 9.34. The molecule has 0 spiro atoms. The van der Waals surface area contributed by atoms with E-state index in [1.54, 1.807) is 17.1 Å². The van der Waals surface area contributed by atoms with Gasteiger partial charge in [-0.05, 0) is 35.9 Å². The molecule has 120 valence electrons. The Bertz CT molecular complexity index is 1130. The van der Waals surface area contributed by atoms with Gasteiger partial charge < -0.3 is 9.72 Å². The zero-order valence-electron chi connectivity index (χ0n) is 13.3. The third-order valence-corrected chi connectivity index (χ3v) is 4.21. The Morgan fingerprint density at radius 1 is 1.00 bits per heavy atom. The van der Waals surface area contributed by atoms with E-state index in [1.807, 2.05) is 54.7 Å². The van der Waals surface area contributed by atoms with E-state index in [4.69, 9.17) is 4.74 Å². The van der Waals surface area contributed by atoms with Crippen molar-refractivity contribution in [1.82, 2.24) is 19.7 Å². The average Bonchev–Trinajstić information content (AvgIpc) is 3.20. The van der Waals surface area contributed by atoms with Gasteiger partial charge in [-0.25, -0.2) is 9.67 Å². The van der Waals surface area contributed by atoms with Crippen molar-refractivity contribution in [3.05, 3.63) is 72.4 Å². The summed E-state index contributed by atoms with van der Waals surface area (Å²) in [6, 6.07) is 16.0. The molecular formula is C20H14N4O. The maximum atomic E-state index is 5.59. The highest BCUT2D eigenvalue weighted by atomic mass is 16.5. The van der Waals surface area contributed by atoms with Gasteiger partial charge in [-0.15, -0.1) is 5.10 Å². The molecule has 0 saturated carbocycles. The molecule has 2 aromatic carbocycles. The summed E-state index contributed by atoms with van der Waals surface area (Å²) in [6.45, 7) is 0. The first kappa shape index (κ1) is 13.8. The van der Waals surface area contributed by atoms with Crippen LogP contribution >= 0.6 is 0 Å². The number of ether oxygens (including phenoxy) is 1. The van der Waals surface area contributed by atoms with Gasteiger partial charge in [0.2, 0.25) is 0 Å². The smallest absolute Gasteiger partial charge is 0.175 e. The van der Waals surface area contributed by atoms with Crippen LogP contribution in [0.4, 0.5) is 0 Å². The summed E-state index contributed by atoms with van der Waals surface area (Å²) in [4.78, 5) is 7.92. The van der Waals surface area contributed by atoms with Gasteiger partial charge in [0, 0.05) is 17.1 Å². The number of hydrogen-bond donors (Lipinski definition) is 1. The van der Waals surface area contributed by atoms with Gasteiger partial charge in [0.25, 0.3) is 0 Å². The lowest BCUT2D eigenvalue weighted by molar-refractivity contribution is 0.487. The standard InChI is InChI=1S/C20H14N4O/c1-3-7-17-15(5-1)14(13-21-17)9-10-19-22-20-16-6-2-4-8-18(16)25-12-11-24(20)23-19/h1-13,21H. The molecule has 5 nitrogen and oxygen atoms in total. The van der Waals surface area contributed by atoms with Crippen molar-refractivity contribution >= 4 is 29.3 Å². The normalized spacial score (nSPS) is 12.8. The Kier molecular flexibility index (Phi) is 3.03. The molecule has 0 amide bonds. The summed E-state index contributed by atoms with van der Waals surface area (Å²) in [7, 11) is 0. The number of H-pyrrole nitrogens is 1. The van der Waals surface area contributed by atoms with Crippen molar-refractivity contribution in [2.45, 2.75) is 0 Å². The molecule has 0 unspecified atom stereocenters. The number of aromatic amines is 1. The van der Waals surface area contributed by atoms with Gasteiger partial charge in [-0.2, -0.15) is 0 Å². The second-order valence-electron chi connectivity index (χ2n) is 5.76. The Morgan fingerprint density at radius 3 is 2.88 bits per heavy atom. The Labute approximate surface area is 143 Å². The van der Waals surface area contributed by atoms with Crippen LogP contribution in [0.1, 0.15) is 11.4 Å². The molecule has 1 N–H and O–H groups in total. The van der Waals surface area contributed by atoms with E-state index in [0.717, 1.165) is 28.2 Å². The van der Waals surface area contributed by atoms with Crippen LogP contribution in [0.15, 0.2) is 61.0 Å². The van der Waals surface area contributed by atoms with Gasteiger partial charge in [0.15, 0.2) is 11.6 Å². The predicted octanol–water partition coefficient (Wildman–Crippen LogP) is 4.42. The molecule has 0 aliphatic carbocycles. The second kappa shape index (κ2) is 5.49. The van der Waals surface area contributed by atoms with Crippen molar-refractivity contribution in [1.29, 1.82) is 0 Å². The third-order valence-electron chi connectivity index (χ3n) is 4.21. The van der Waals surface area contributed by atoms with Crippen LogP contribution in [-0.2, 0) is 0 Å². The number of para-hydroxylation sites is 2. The summed E-state index contributed by atoms with van der Waals surface area (Å²) in [5.74, 6) is 2.20. The minimum atomic E-state index is 0.654. The first-order chi connectivity index (χ1) is 12.4. The number of nitrogens with one attached hydrogen (secondary N) is 1. The number of hydrogen-bond acceptors (Lipinski definition) is 3. The van der Waals surface area contributed by atoms with Crippen molar-refractivity contribution in [3.63, 3.8) is 0 Å². The molecule has 0 fully saturated rings. The van der Waals surface area contributed by atoms with E-state index in [2.05, 4.69) is 27.2 Å². The van der Waals surface area contributed by atoms with Crippen LogP contribution in [0.25, 0.3) is 40.6 Å². The maximum absolute atomic E-state index is 5.59. The van der Waals surface area contributed by atoms with Crippen molar-refractivity contribution in [2.24, 2.45) is 0 Å². The molecule has 4 aromatic rings. The fraction of sp³-hybridized carbons (Fsp3) is 0. The molecule has 0 saturated heterocycles. The Balaban J connectivity index is 1.55. The van der Waals surface area contributed by atoms with E-state index in [9.17, 15) is 0 Å². The zero-order chi connectivity index (χ0) is 16.6. The number of aromatic nitrogens is 4. The summed E-state index contributed by atoms with van der Waals surface area (Å²) in [5.41, 5.74) is 3.15. The molecule has 1 aliphatic rings.